The third-order valence-corrected chi connectivity index (χ3v) is 11.0. The molecule has 2 aromatic heterocycles. The van der Waals surface area contributed by atoms with E-state index in [4.69, 9.17) is 0 Å². The first-order valence-corrected chi connectivity index (χ1v) is 17.9. The largest absolute Gasteiger partial charge is 0.316 e. The van der Waals surface area contributed by atoms with Crippen molar-refractivity contribution in [3.05, 3.63) is 194 Å². The molecule has 9 aromatic carbocycles. The van der Waals surface area contributed by atoms with Gasteiger partial charge in [0.15, 0.2) is 0 Å². The summed E-state index contributed by atoms with van der Waals surface area (Å²) in [5, 5.41) is 11.5. The Morgan fingerprint density at radius 1 is 0.269 bits per heavy atom. The van der Waals surface area contributed by atoms with Gasteiger partial charge in [-0.1, -0.05) is 140 Å². The van der Waals surface area contributed by atoms with Crippen LogP contribution in [0.5, 0.6) is 0 Å². The number of fused-ring (bicyclic) bond motifs is 11. The van der Waals surface area contributed by atoms with Crippen molar-refractivity contribution in [2.24, 2.45) is 0 Å². The van der Waals surface area contributed by atoms with Gasteiger partial charge in [-0.2, -0.15) is 0 Å². The van der Waals surface area contributed by atoms with Gasteiger partial charge >= 0.3 is 0 Å². The maximum absolute atomic E-state index is 2.44. The molecule has 52 heavy (non-hydrogen) atoms. The highest BCUT2D eigenvalue weighted by Crippen LogP contribution is 2.40. The van der Waals surface area contributed by atoms with Crippen LogP contribution in [0.1, 0.15) is 0 Å². The number of benzene rings is 9. The highest BCUT2D eigenvalue weighted by atomic mass is 15.0. The van der Waals surface area contributed by atoms with Crippen molar-refractivity contribution in [3.8, 4) is 33.6 Å². The molecule has 0 bridgehead atoms. The summed E-state index contributed by atoms with van der Waals surface area (Å²) >= 11 is 0. The fourth-order valence-electron chi connectivity index (χ4n) is 8.50. The summed E-state index contributed by atoms with van der Waals surface area (Å²) in [6.07, 6.45) is 2.21. The van der Waals surface area contributed by atoms with E-state index < -0.39 is 0 Å². The van der Waals surface area contributed by atoms with E-state index in [9.17, 15) is 0 Å². The minimum Gasteiger partial charge on any atom is -0.316 e. The average Bonchev–Trinajstić information content (AvgIpc) is 3.81. The summed E-state index contributed by atoms with van der Waals surface area (Å²) < 4.78 is 4.75. The molecule has 0 unspecified atom stereocenters. The van der Waals surface area contributed by atoms with E-state index in [1.165, 1.54) is 87.3 Å². The minimum absolute atomic E-state index is 1.15. The quantitative estimate of drug-likeness (QED) is 0.166. The lowest BCUT2D eigenvalue weighted by Crippen LogP contribution is -1.95. The first-order valence-electron chi connectivity index (χ1n) is 17.9. The Morgan fingerprint density at radius 2 is 0.769 bits per heavy atom. The van der Waals surface area contributed by atoms with Crippen LogP contribution in [0, 0.1) is 0 Å². The van der Waals surface area contributed by atoms with Crippen molar-refractivity contribution in [1.82, 2.24) is 9.13 Å². The predicted octanol–water partition coefficient (Wildman–Crippen LogP) is 13.5. The molecule has 0 radical (unpaired) electrons. The highest BCUT2D eigenvalue weighted by Gasteiger charge is 2.17. The number of hydrogen-bond donors (Lipinski definition) is 0. The summed E-state index contributed by atoms with van der Waals surface area (Å²) in [5.41, 5.74) is 10.8. The Kier molecular flexibility index (Phi) is 6.28. The third kappa shape index (κ3) is 4.31. The van der Waals surface area contributed by atoms with Crippen molar-refractivity contribution in [1.29, 1.82) is 0 Å². The van der Waals surface area contributed by atoms with Gasteiger partial charge in [0.1, 0.15) is 0 Å². The lowest BCUT2D eigenvalue weighted by atomic mass is 9.92. The van der Waals surface area contributed by atoms with Crippen LogP contribution in [-0.4, -0.2) is 9.13 Å². The van der Waals surface area contributed by atoms with E-state index >= 15 is 0 Å². The van der Waals surface area contributed by atoms with Crippen LogP contribution in [0.15, 0.2) is 194 Å². The van der Waals surface area contributed by atoms with Crippen LogP contribution in [-0.2, 0) is 0 Å². The van der Waals surface area contributed by atoms with Crippen molar-refractivity contribution in [3.63, 3.8) is 0 Å². The number of aromatic nitrogens is 2. The molecule has 2 heteroatoms. The van der Waals surface area contributed by atoms with Gasteiger partial charge in [-0.05, 0) is 103 Å². The second kappa shape index (κ2) is 11.3. The molecule has 0 aliphatic rings. The van der Waals surface area contributed by atoms with Gasteiger partial charge in [-0.25, -0.2) is 0 Å². The molecule has 0 amide bonds. The van der Waals surface area contributed by atoms with E-state index in [2.05, 4.69) is 203 Å². The Bertz CT molecular complexity index is 3110. The standard InChI is InChI=1S/C50H32N2/c1-2-10-33(11-3-1)34-18-23-37(24-19-34)51-31-30-46-48(51)29-28-45-44-16-8-9-17-49(44)52(50(45)46)38-25-20-35(21-26-38)36-22-27-43-41-14-5-4-12-39(41)40-13-6-7-15-42(40)47(43)32-36/h1-32H. The molecule has 0 spiro atoms. The Morgan fingerprint density at radius 3 is 1.46 bits per heavy atom. The molecule has 11 rings (SSSR count). The normalized spacial score (nSPS) is 11.8. The maximum atomic E-state index is 2.44. The first-order chi connectivity index (χ1) is 25.8. The number of nitrogens with zero attached hydrogens (tertiary/aromatic N) is 2. The van der Waals surface area contributed by atoms with E-state index in [-0.39, 0.29) is 0 Å². The second-order valence-electron chi connectivity index (χ2n) is 13.7. The molecule has 0 saturated carbocycles. The summed E-state index contributed by atoms with van der Waals surface area (Å²) in [5.74, 6) is 0. The number of para-hydroxylation sites is 1. The fraction of sp³-hybridized carbons (Fsp3) is 0. The van der Waals surface area contributed by atoms with Crippen molar-refractivity contribution < 1.29 is 0 Å². The van der Waals surface area contributed by atoms with Gasteiger partial charge < -0.3 is 9.13 Å². The van der Waals surface area contributed by atoms with E-state index in [0.717, 1.165) is 11.4 Å². The maximum Gasteiger partial charge on any atom is 0.0635 e. The molecule has 0 atom stereocenters. The van der Waals surface area contributed by atoms with Crippen molar-refractivity contribution >= 4 is 65.0 Å². The van der Waals surface area contributed by atoms with E-state index in [0.29, 0.717) is 0 Å². The third-order valence-electron chi connectivity index (χ3n) is 11.0. The first kappa shape index (κ1) is 28.9. The topological polar surface area (TPSA) is 9.86 Å². The summed E-state index contributed by atoms with van der Waals surface area (Å²) in [4.78, 5) is 0. The lowest BCUT2D eigenvalue weighted by molar-refractivity contribution is 1.13. The Hall–Kier alpha value is -6.90. The molecule has 242 valence electrons. The monoisotopic (exact) mass is 660 g/mol. The molecule has 2 nitrogen and oxygen atoms in total. The summed E-state index contributed by atoms with van der Waals surface area (Å²) in [7, 11) is 0. The molecule has 0 fully saturated rings. The zero-order valence-electron chi connectivity index (χ0n) is 28.4. The van der Waals surface area contributed by atoms with Crippen molar-refractivity contribution in [2.75, 3.05) is 0 Å². The number of rotatable bonds is 4. The summed E-state index contributed by atoms with van der Waals surface area (Å²) in [6.45, 7) is 0. The molecular formula is C50H32N2. The molecule has 0 aliphatic carbocycles. The Balaban J connectivity index is 1.04. The fourth-order valence-corrected chi connectivity index (χ4v) is 8.50. The van der Waals surface area contributed by atoms with Crippen molar-refractivity contribution in [2.45, 2.75) is 0 Å². The molecule has 2 heterocycles. The van der Waals surface area contributed by atoms with Gasteiger partial charge in [0, 0.05) is 33.7 Å². The van der Waals surface area contributed by atoms with Gasteiger partial charge in [-0.15, -0.1) is 0 Å². The van der Waals surface area contributed by atoms with Crippen LogP contribution < -0.4 is 0 Å². The van der Waals surface area contributed by atoms with Crippen LogP contribution >= 0.6 is 0 Å². The molecule has 0 N–H and O–H groups in total. The minimum atomic E-state index is 1.15. The zero-order chi connectivity index (χ0) is 34.2. The van der Waals surface area contributed by atoms with Crippen LogP contribution in [0.2, 0.25) is 0 Å². The smallest absolute Gasteiger partial charge is 0.0635 e. The number of hydrogen-bond acceptors (Lipinski definition) is 0. The van der Waals surface area contributed by atoms with Crippen LogP contribution in [0.4, 0.5) is 0 Å². The zero-order valence-corrected chi connectivity index (χ0v) is 28.4. The highest BCUT2D eigenvalue weighted by molar-refractivity contribution is 6.25. The van der Waals surface area contributed by atoms with Gasteiger partial charge in [-0.3, -0.25) is 0 Å². The van der Waals surface area contributed by atoms with E-state index in [1.54, 1.807) is 0 Å². The lowest BCUT2D eigenvalue weighted by Gasteiger charge is -2.13. The molecular weight excluding hydrogens is 629 g/mol. The Labute approximate surface area is 301 Å². The van der Waals surface area contributed by atoms with E-state index in [1.807, 2.05) is 0 Å². The average molecular weight is 661 g/mol. The molecule has 0 saturated heterocycles. The molecule has 0 aliphatic heterocycles. The van der Waals surface area contributed by atoms with Crippen LogP contribution in [0.3, 0.4) is 0 Å². The van der Waals surface area contributed by atoms with Gasteiger partial charge in [0.25, 0.3) is 0 Å². The summed E-state index contributed by atoms with van der Waals surface area (Å²) in [6, 6.07) is 68.7. The van der Waals surface area contributed by atoms with Gasteiger partial charge in [0.05, 0.1) is 16.6 Å². The van der Waals surface area contributed by atoms with Crippen LogP contribution in [0.25, 0.3) is 98.7 Å². The SMILES string of the molecule is c1ccc(-c2ccc(-n3ccc4c3ccc3c5ccccc5n(-c5ccc(-c6ccc7c8ccccc8c8ccccc8c7c6)cc5)c34)cc2)cc1. The van der Waals surface area contributed by atoms with Gasteiger partial charge in [0.2, 0.25) is 0 Å². The predicted molar refractivity (Wildman–Crippen MR) is 221 cm³/mol. The second-order valence-corrected chi connectivity index (χ2v) is 13.7. The molecule has 11 aromatic rings.